The minimum Gasteiger partial charge on any atom is -0.501 e. The van der Waals surface area contributed by atoms with Gasteiger partial charge in [0.15, 0.2) is 5.69 Å². The molecule has 0 spiro atoms. The number of carbonyl (C=O) groups excluding carboxylic acids is 1. The third kappa shape index (κ3) is 3.97. The second-order valence-electron chi connectivity index (χ2n) is 7.96. The lowest BCUT2D eigenvalue weighted by Crippen LogP contribution is -2.46. The Balaban J connectivity index is 1.78. The van der Waals surface area contributed by atoms with Crippen LogP contribution in [-0.2, 0) is 18.7 Å². The van der Waals surface area contributed by atoms with Gasteiger partial charge >= 0.3 is 5.56 Å². The van der Waals surface area contributed by atoms with Crippen molar-refractivity contribution in [2.45, 2.75) is 38.6 Å². The first kappa shape index (κ1) is 21.2. The smallest absolute Gasteiger partial charge is 0.315 e. The van der Waals surface area contributed by atoms with Crippen molar-refractivity contribution in [3.63, 3.8) is 0 Å². The molecular formula is C24H25N3O3S. The molecule has 0 bridgehead atoms. The SMILES string of the molecule is CC(C)N1CCn2c(Cc3ccccc3-c3ccc(CS)cc3)nc(=O)c(O)c2C1=O. The summed E-state index contributed by atoms with van der Waals surface area (Å²) in [6.45, 7) is 4.82. The maximum Gasteiger partial charge on any atom is 0.315 e. The lowest BCUT2D eigenvalue weighted by molar-refractivity contribution is 0.0638. The van der Waals surface area contributed by atoms with Crippen LogP contribution in [0.4, 0.5) is 0 Å². The maximum atomic E-state index is 13.0. The van der Waals surface area contributed by atoms with E-state index in [0.717, 1.165) is 22.3 Å². The molecule has 0 atom stereocenters. The highest BCUT2D eigenvalue weighted by molar-refractivity contribution is 7.79. The summed E-state index contributed by atoms with van der Waals surface area (Å²) in [5.41, 5.74) is 3.49. The van der Waals surface area contributed by atoms with Crippen LogP contribution in [0.15, 0.2) is 53.3 Å². The molecule has 1 N–H and O–H groups in total. The average Bonchev–Trinajstić information content (AvgIpc) is 2.77. The Bertz CT molecular complexity index is 1190. The summed E-state index contributed by atoms with van der Waals surface area (Å²) in [5.74, 6) is 0.245. The molecule has 31 heavy (non-hydrogen) atoms. The molecule has 160 valence electrons. The zero-order chi connectivity index (χ0) is 22.1. The molecule has 1 aromatic heterocycles. The van der Waals surface area contributed by atoms with Gasteiger partial charge in [0, 0.05) is 31.3 Å². The molecule has 1 amide bonds. The Kier molecular flexibility index (Phi) is 5.87. The second kappa shape index (κ2) is 8.59. The van der Waals surface area contributed by atoms with Crippen LogP contribution in [0.25, 0.3) is 11.1 Å². The molecule has 4 rings (SSSR count). The van der Waals surface area contributed by atoms with Gasteiger partial charge in [0.25, 0.3) is 5.91 Å². The predicted molar refractivity (Wildman–Crippen MR) is 124 cm³/mol. The van der Waals surface area contributed by atoms with Gasteiger partial charge in [0.2, 0.25) is 5.75 Å². The Morgan fingerprint density at radius 1 is 1.06 bits per heavy atom. The lowest BCUT2D eigenvalue weighted by atomic mass is 9.96. The first-order chi connectivity index (χ1) is 14.9. The molecule has 0 unspecified atom stereocenters. The summed E-state index contributed by atoms with van der Waals surface area (Å²) in [6.07, 6.45) is 0.377. The van der Waals surface area contributed by atoms with E-state index in [1.807, 2.05) is 50.2 Å². The van der Waals surface area contributed by atoms with Crippen molar-refractivity contribution in [1.29, 1.82) is 0 Å². The normalized spacial score (nSPS) is 13.5. The van der Waals surface area contributed by atoms with Gasteiger partial charge in [0.1, 0.15) is 5.82 Å². The average molecular weight is 436 g/mol. The van der Waals surface area contributed by atoms with E-state index in [9.17, 15) is 14.7 Å². The number of benzene rings is 2. The molecule has 6 nitrogen and oxygen atoms in total. The molecule has 1 aliphatic heterocycles. The third-order valence-electron chi connectivity index (χ3n) is 5.70. The third-order valence-corrected chi connectivity index (χ3v) is 6.07. The van der Waals surface area contributed by atoms with Gasteiger partial charge in [-0.15, -0.1) is 0 Å². The molecule has 0 saturated carbocycles. The Hall–Kier alpha value is -3.06. The van der Waals surface area contributed by atoms with Gasteiger partial charge in [-0.1, -0.05) is 48.5 Å². The van der Waals surface area contributed by atoms with Crippen LogP contribution in [0, 0.1) is 0 Å². The highest BCUT2D eigenvalue weighted by atomic mass is 32.1. The van der Waals surface area contributed by atoms with Gasteiger partial charge in [0.05, 0.1) is 0 Å². The minimum atomic E-state index is -0.768. The maximum absolute atomic E-state index is 13.0. The second-order valence-corrected chi connectivity index (χ2v) is 8.28. The summed E-state index contributed by atoms with van der Waals surface area (Å²) in [5, 5.41) is 10.3. The van der Waals surface area contributed by atoms with Crippen molar-refractivity contribution in [2.75, 3.05) is 6.54 Å². The van der Waals surface area contributed by atoms with E-state index in [4.69, 9.17) is 0 Å². The summed E-state index contributed by atoms with van der Waals surface area (Å²) in [4.78, 5) is 31.1. The summed E-state index contributed by atoms with van der Waals surface area (Å²) >= 11 is 4.32. The number of aromatic nitrogens is 2. The van der Waals surface area contributed by atoms with Gasteiger partial charge in [-0.2, -0.15) is 17.6 Å². The van der Waals surface area contributed by atoms with Crippen LogP contribution >= 0.6 is 12.6 Å². The largest absolute Gasteiger partial charge is 0.501 e. The standard InChI is InChI=1S/C24H25N3O3S/c1-15(2)26-11-12-27-20(25-23(29)22(28)21(27)24(26)30)13-18-5-3-4-6-19(18)17-9-7-16(14-31)8-10-17/h3-10,15,28,31H,11-14H2,1-2H3. The predicted octanol–water partition coefficient (Wildman–Crippen LogP) is 3.50. The number of rotatable bonds is 5. The number of nitrogens with zero attached hydrogens (tertiary/aromatic N) is 3. The van der Waals surface area contributed by atoms with Crippen molar-refractivity contribution in [2.24, 2.45) is 0 Å². The number of hydrogen-bond donors (Lipinski definition) is 2. The van der Waals surface area contributed by atoms with Crippen LogP contribution in [-0.4, -0.2) is 38.1 Å². The van der Waals surface area contributed by atoms with Gasteiger partial charge < -0.3 is 14.6 Å². The molecule has 0 aliphatic carbocycles. The number of amides is 1. The van der Waals surface area contributed by atoms with Crippen molar-refractivity contribution in [3.8, 4) is 16.9 Å². The van der Waals surface area contributed by atoms with E-state index >= 15 is 0 Å². The summed E-state index contributed by atoms with van der Waals surface area (Å²) in [7, 11) is 0. The molecule has 2 heterocycles. The number of aromatic hydroxyl groups is 1. The Labute approximate surface area is 186 Å². The Morgan fingerprint density at radius 3 is 2.45 bits per heavy atom. The molecule has 3 aromatic rings. The molecular weight excluding hydrogens is 410 g/mol. The number of hydrogen-bond acceptors (Lipinski definition) is 5. The zero-order valence-electron chi connectivity index (χ0n) is 17.6. The van der Waals surface area contributed by atoms with Crippen molar-refractivity contribution in [3.05, 3.63) is 81.5 Å². The monoisotopic (exact) mass is 435 g/mol. The van der Waals surface area contributed by atoms with Crippen LogP contribution in [0.5, 0.6) is 5.75 Å². The van der Waals surface area contributed by atoms with E-state index in [1.165, 1.54) is 0 Å². The van der Waals surface area contributed by atoms with Crippen LogP contribution in [0.2, 0.25) is 0 Å². The van der Waals surface area contributed by atoms with Crippen LogP contribution in [0.1, 0.15) is 41.3 Å². The number of thiol groups is 1. The molecule has 0 saturated heterocycles. The minimum absolute atomic E-state index is 0.0201. The Morgan fingerprint density at radius 2 is 1.77 bits per heavy atom. The molecule has 1 aliphatic rings. The summed E-state index contributed by atoms with van der Waals surface area (Å²) in [6, 6.07) is 16.1. The van der Waals surface area contributed by atoms with E-state index < -0.39 is 11.3 Å². The van der Waals surface area contributed by atoms with E-state index in [-0.39, 0.29) is 17.6 Å². The van der Waals surface area contributed by atoms with E-state index in [1.54, 1.807) is 9.47 Å². The van der Waals surface area contributed by atoms with Crippen molar-refractivity contribution < 1.29 is 9.90 Å². The van der Waals surface area contributed by atoms with E-state index in [0.29, 0.717) is 31.1 Å². The molecule has 2 aromatic carbocycles. The number of carbonyl (C=O) groups is 1. The van der Waals surface area contributed by atoms with Gasteiger partial charge in [-0.25, -0.2) is 0 Å². The van der Waals surface area contributed by atoms with Gasteiger partial charge in [-0.3, -0.25) is 9.59 Å². The highest BCUT2D eigenvalue weighted by Crippen LogP contribution is 2.28. The van der Waals surface area contributed by atoms with Crippen LogP contribution in [0.3, 0.4) is 0 Å². The first-order valence-electron chi connectivity index (χ1n) is 10.3. The first-order valence-corrected chi connectivity index (χ1v) is 11.0. The quantitative estimate of drug-likeness (QED) is 0.602. The lowest BCUT2D eigenvalue weighted by Gasteiger charge is -2.34. The molecule has 0 fully saturated rings. The molecule has 0 radical (unpaired) electrons. The van der Waals surface area contributed by atoms with Gasteiger partial charge in [-0.05, 0) is 36.1 Å². The zero-order valence-corrected chi connectivity index (χ0v) is 18.5. The van der Waals surface area contributed by atoms with E-state index in [2.05, 4.69) is 29.7 Å². The highest BCUT2D eigenvalue weighted by Gasteiger charge is 2.32. The fourth-order valence-corrected chi connectivity index (χ4v) is 4.25. The summed E-state index contributed by atoms with van der Waals surface area (Å²) < 4.78 is 1.69. The number of fused-ring (bicyclic) bond motifs is 1. The topological polar surface area (TPSA) is 75.4 Å². The fraction of sp³-hybridized carbons (Fsp3) is 0.292. The van der Waals surface area contributed by atoms with Crippen molar-refractivity contribution in [1.82, 2.24) is 14.5 Å². The fourth-order valence-electron chi connectivity index (χ4n) is 4.04. The van der Waals surface area contributed by atoms with Crippen molar-refractivity contribution >= 4 is 18.5 Å². The molecule has 7 heteroatoms. The van der Waals surface area contributed by atoms with Crippen LogP contribution < -0.4 is 5.56 Å².